The number of amides is 3. The summed E-state index contributed by atoms with van der Waals surface area (Å²) in [4.78, 5) is 47.5. The topological polar surface area (TPSA) is 138 Å². The number of rotatable bonds is 6. The predicted molar refractivity (Wildman–Crippen MR) is 163 cm³/mol. The average molecular weight is 579 g/mol. The minimum atomic E-state index is -0.327. The number of piperazine rings is 1. The molecular formula is C32H34N8O3. The number of carbonyl (C=O) groups excluding carboxylic acids is 3. The van der Waals surface area contributed by atoms with Gasteiger partial charge in [-0.3, -0.25) is 19.1 Å². The van der Waals surface area contributed by atoms with E-state index >= 15 is 0 Å². The fourth-order valence-corrected chi connectivity index (χ4v) is 5.61. The Morgan fingerprint density at radius 1 is 0.860 bits per heavy atom. The summed E-state index contributed by atoms with van der Waals surface area (Å²) in [5, 5.41) is 10.5. The van der Waals surface area contributed by atoms with Crippen molar-refractivity contribution in [2.45, 2.75) is 12.5 Å². The van der Waals surface area contributed by atoms with E-state index in [4.69, 9.17) is 5.73 Å². The number of aryl methyl sites for hydroxylation is 1. The Balaban J connectivity index is 1.11. The first-order valence-corrected chi connectivity index (χ1v) is 14.4. The molecule has 4 N–H and O–H groups in total. The van der Waals surface area contributed by atoms with Crippen molar-refractivity contribution in [1.82, 2.24) is 35.2 Å². The standard InChI is InChI=1S/C32H34N8O3/c1-38-19-26(18-36-38)25-16-28(29(33)35-17-25)30(41)37-27-8-11-40(20-27)32(43)24-7-3-5-22(15-24)21-4-2-6-23(14-21)31(42)39-12-9-34-10-13-39/h2-7,14-19,27,34H,8-13,20H2,1H3,(H2,33,35)(H,37,41)/t27-/m1/s1. The van der Waals surface area contributed by atoms with E-state index in [2.05, 4.69) is 20.7 Å². The van der Waals surface area contributed by atoms with E-state index in [1.807, 2.05) is 60.6 Å². The van der Waals surface area contributed by atoms with E-state index in [1.54, 1.807) is 34.1 Å². The summed E-state index contributed by atoms with van der Waals surface area (Å²) in [6, 6.07) is 16.5. The van der Waals surface area contributed by atoms with Crippen LogP contribution in [0.25, 0.3) is 22.3 Å². The monoisotopic (exact) mass is 578 g/mol. The van der Waals surface area contributed by atoms with Gasteiger partial charge in [0.25, 0.3) is 17.7 Å². The molecule has 3 amide bonds. The van der Waals surface area contributed by atoms with E-state index in [-0.39, 0.29) is 35.1 Å². The molecule has 11 nitrogen and oxygen atoms in total. The quantitative estimate of drug-likeness (QED) is 0.319. The number of nitrogens with two attached hydrogens (primary N) is 1. The molecule has 0 unspecified atom stereocenters. The van der Waals surface area contributed by atoms with Crippen LogP contribution in [0.15, 0.2) is 73.2 Å². The summed E-state index contributed by atoms with van der Waals surface area (Å²) in [7, 11) is 1.82. The van der Waals surface area contributed by atoms with E-state index in [0.29, 0.717) is 43.7 Å². The number of carbonyl (C=O) groups is 3. The number of likely N-dealkylation sites (tertiary alicyclic amines) is 1. The van der Waals surface area contributed by atoms with Crippen LogP contribution in [-0.2, 0) is 7.05 Å². The van der Waals surface area contributed by atoms with Crippen LogP contribution in [0.4, 0.5) is 5.82 Å². The highest BCUT2D eigenvalue weighted by Crippen LogP contribution is 2.25. The molecule has 2 aromatic heterocycles. The number of nitrogen functional groups attached to an aromatic ring is 1. The Kier molecular flexibility index (Phi) is 7.89. The lowest BCUT2D eigenvalue weighted by Crippen LogP contribution is -2.46. The van der Waals surface area contributed by atoms with Gasteiger partial charge in [0.15, 0.2) is 0 Å². The molecule has 6 rings (SSSR count). The molecule has 220 valence electrons. The fourth-order valence-electron chi connectivity index (χ4n) is 5.61. The average Bonchev–Trinajstić information content (AvgIpc) is 3.70. The summed E-state index contributed by atoms with van der Waals surface area (Å²) in [5.74, 6) is -0.271. The molecule has 2 fully saturated rings. The highest BCUT2D eigenvalue weighted by Gasteiger charge is 2.29. The second-order valence-corrected chi connectivity index (χ2v) is 11.0. The molecule has 4 heterocycles. The molecule has 2 aliphatic rings. The lowest BCUT2D eigenvalue weighted by atomic mass is 10.00. The minimum absolute atomic E-state index is 0.0158. The van der Waals surface area contributed by atoms with E-state index in [1.165, 1.54) is 0 Å². The van der Waals surface area contributed by atoms with Gasteiger partial charge in [-0.25, -0.2) is 4.98 Å². The number of hydrogen-bond acceptors (Lipinski definition) is 7. The first-order chi connectivity index (χ1) is 20.9. The second-order valence-electron chi connectivity index (χ2n) is 11.0. The fraction of sp³-hybridized carbons (Fsp3) is 0.281. The number of anilines is 1. The summed E-state index contributed by atoms with van der Waals surface area (Å²) < 4.78 is 1.68. The van der Waals surface area contributed by atoms with Crippen molar-refractivity contribution in [3.63, 3.8) is 0 Å². The largest absolute Gasteiger partial charge is 0.383 e. The van der Waals surface area contributed by atoms with Crippen molar-refractivity contribution in [2.75, 3.05) is 45.0 Å². The maximum absolute atomic E-state index is 13.5. The number of aromatic nitrogens is 3. The third-order valence-electron chi connectivity index (χ3n) is 7.97. The summed E-state index contributed by atoms with van der Waals surface area (Å²) in [6.07, 6.45) is 5.79. The zero-order valence-electron chi connectivity index (χ0n) is 24.0. The van der Waals surface area contributed by atoms with Crippen LogP contribution in [0.3, 0.4) is 0 Å². The van der Waals surface area contributed by atoms with Crippen LogP contribution in [0.2, 0.25) is 0 Å². The maximum Gasteiger partial charge on any atom is 0.255 e. The van der Waals surface area contributed by atoms with E-state index in [0.717, 1.165) is 35.3 Å². The molecule has 2 aliphatic heterocycles. The molecule has 2 aromatic carbocycles. The van der Waals surface area contributed by atoms with Gasteiger partial charge in [0.1, 0.15) is 5.82 Å². The molecule has 0 aliphatic carbocycles. The lowest BCUT2D eigenvalue weighted by molar-refractivity contribution is 0.0735. The zero-order chi connectivity index (χ0) is 29.9. The van der Waals surface area contributed by atoms with Gasteiger partial charge in [-0.2, -0.15) is 5.10 Å². The van der Waals surface area contributed by atoms with Crippen molar-refractivity contribution in [2.24, 2.45) is 7.05 Å². The number of nitrogens with one attached hydrogen (secondary N) is 2. The molecular weight excluding hydrogens is 544 g/mol. The Morgan fingerprint density at radius 2 is 1.53 bits per heavy atom. The molecule has 43 heavy (non-hydrogen) atoms. The Hall–Kier alpha value is -5.03. The maximum atomic E-state index is 13.5. The lowest BCUT2D eigenvalue weighted by Gasteiger charge is -2.27. The SMILES string of the molecule is Cn1cc(-c2cnc(N)c(C(=O)N[C@@H]3CCN(C(=O)c4cccc(-c5cccc(C(=O)N6CCNCC6)c5)c4)C3)c2)cn1. The van der Waals surface area contributed by atoms with Crippen LogP contribution >= 0.6 is 0 Å². The molecule has 0 spiro atoms. The molecule has 0 radical (unpaired) electrons. The summed E-state index contributed by atoms with van der Waals surface area (Å²) in [6.45, 7) is 3.87. The van der Waals surface area contributed by atoms with Crippen molar-refractivity contribution in [3.8, 4) is 22.3 Å². The van der Waals surface area contributed by atoms with E-state index < -0.39 is 0 Å². The van der Waals surface area contributed by atoms with Crippen molar-refractivity contribution >= 4 is 23.5 Å². The van der Waals surface area contributed by atoms with Gasteiger partial charge in [0.05, 0.1) is 11.8 Å². The summed E-state index contributed by atoms with van der Waals surface area (Å²) >= 11 is 0. The highest BCUT2D eigenvalue weighted by atomic mass is 16.2. The van der Waals surface area contributed by atoms with Gasteiger partial charge in [-0.15, -0.1) is 0 Å². The van der Waals surface area contributed by atoms with Crippen LogP contribution in [0.5, 0.6) is 0 Å². The van der Waals surface area contributed by atoms with Gasteiger partial charge < -0.3 is 26.2 Å². The third-order valence-corrected chi connectivity index (χ3v) is 7.97. The van der Waals surface area contributed by atoms with Crippen molar-refractivity contribution in [1.29, 1.82) is 0 Å². The van der Waals surface area contributed by atoms with Crippen molar-refractivity contribution in [3.05, 3.63) is 89.9 Å². The number of nitrogens with zero attached hydrogens (tertiary/aromatic N) is 5. The van der Waals surface area contributed by atoms with Gasteiger partial charge in [-0.05, 0) is 47.9 Å². The van der Waals surface area contributed by atoms with Gasteiger partial charge in [0.2, 0.25) is 0 Å². The number of benzene rings is 2. The minimum Gasteiger partial charge on any atom is -0.383 e. The van der Waals surface area contributed by atoms with Gasteiger partial charge in [-0.1, -0.05) is 24.3 Å². The number of pyridine rings is 1. The van der Waals surface area contributed by atoms with E-state index in [9.17, 15) is 14.4 Å². The zero-order valence-corrected chi connectivity index (χ0v) is 24.0. The predicted octanol–water partition coefficient (Wildman–Crippen LogP) is 2.42. The Labute approximate surface area is 249 Å². The molecule has 4 aromatic rings. The van der Waals surface area contributed by atoms with Crippen LogP contribution in [-0.4, -0.2) is 87.6 Å². The van der Waals surface area contributed by atoms with Crippen LogP contribution < -0.4 is 16.4 Å². The molecule has 2 saturated heterocycles. The molecule has 1 atom stereocenters. The van der Waals surface area contributed by atoms with Crippen LogP contribution in [0.1, 0.15) is 37.5 Å². The first kappa shape index (κ1) is 28.1. The van der Waals surface area contributed by atoms with Gasteiger partial charge >= 0.3 is 0 Å². The van der Waals surface area contributed by atoms with Crippen LogP contribution in [0, 0.1) is 0 Å². The Bertz CT molecular complexity index is 1680. The second kappa shape index (κ2) is 12.1. The Morgan fingerprint density at radius 3 is 2.19 bits per heavy atom. The van der Waals surface area contributed by atoms with Crippen molar-refractivity contribution < 1.29 is 14.4 Å². The smallest absolute Gasteiger partial charge is 0.255 e. The third kappa shape index (κ3) is 6.12. The number of hydrogen-bond donors (Lipinski definition) is 3. The highest BCUT2D eigenvalue weighted by molar-refractivity contribution is 6.00. The molecule has 0 bridgehead atoms. The summed E-state index contributed by atoms with van der Waals surface area (Å²) in [5.41, 5.74) is 10.8. The normalized spacial score (nSPS) is 16.7. The van der Waals surface area contributed by atoms with Gasteiger partial charge in [0, 0.05) is 87.0 Å². The first-order valence-electron chi connectivity index (χ1n) is 14.4. The molecule has 0 saturated carbocycles. The molecule has 11 heteroatoms.